The molecule has 0 bridgehead atoms. The van der Waals surface area contributed by atoms with Crippen LogP contribution in [-0.4, -0.2) is 25.8 Å². The van der Waals surface area contributed by atoms with Gasteiger partial charge in [-0.2, -0.15) is 10.2 Å². The van der Waals surface area contributed by atoms with Crippen molar-refractivity contribution in [3.05, 3.63) is 32.3 Å². The molecule has 0 atom stereocenters. The lowest BCUT2D eigenvalue weighted by Crippen LogP contribution is -2.27. The molecule has 2 aromatic rings. The van der Waals surface area contributed by atoms with Crippen LogP contribution in [0.2, 0.25) is 0 Å². The molecule has 2 aromatic heterocycles. The molecule has 7 heteroatoms. The van der Waals surface area contributed by atoms with Crippen LogP contribution in [0.3, 0.4) is 0 Å². The Morgan fingerprint density at radius 3 is 2.75 bits per heavy atom. The summed E-state index contributed by atoms with van der Waals surface area (Å²) in [5, 5.41) is 8.63. The minimum Gasteiger partial charge on any atom is -0.298 e. The molecule has 0 fully saturated rings. The molecular weight excluding hydrogens is 435 g/mol. The maximum atomic E-state index is 10.9. The van der Waals surface area contributed by atoms with Crippen molar-refractivity contribution in [1.29, 1.82) is 0 Å². The third kappa shape index (κ3) is 3.69. The van der Waals surface area contributed by atoms with Crippen molar-refractivity contribution in [2.75, 3.05) is 0 Å². The highest BCUT2D eigenvalue weighted by Gasteiger charge is 2.22. The van der Waals surface area contributed by atoms with Crippen molar-refractivity contribution >= 4 is 44.8 Å². The lowest BCUT2D eigenvalue weighted by Gasteiger charge is -2.25. The molecular formula is C13H16BrIN4O. The second-order valence-corrected chi connectivity index (χ2v) is 7.27. The standard InChI is InChI=1S/C13H16BrIN4O/c1-13(2,19-7-10(9-20)12(14)17-19)4-3-5-18-8-11(15)6-16-18/h6-9H,3-5H2,1-2H3. The van der Waals surface area contributed by atoms with Gasteiger partial charge in [0.1, 0.15) is 4.60 Å². The van der Waals surface area contributed by atoms with E-state index in [1.807, 2.05) is 21.8 Å². The van der Waals surface area contributed by atoms with Gasteiger partial charge in [-0.25, -0.2) is 0 Å². The maximum absolute atomic E-state index is 10.9. The number of carbonyl (C=O) groups is 1. The van der Waals surface area contributed by atoms with E-state index in [1.54, 1.807) is 6.20 Å². The topological polar surface area (TPSA) is 52.7 Å². The molecule has 2 heterocycles. The molecule has 0 aliphatic rings. The van der Waals surface area contributed by atoms with Gasteiger partial charge in [-0.1, -0.05) is 0 Å². The van der Waals surface area contributed by atoms with E-state index >= 15 is 0 Å². The Bertz CT molecular complexity index is 605. The van der Waals surface area contributed by atoms with Crippen molar-refractivity contribution in [1.82, 2.24) is 19.6 Å². The van der Waals surface area contributed by atoms with E-state index in [-0.39, 0.29) is 5.54 Å². The van der Waals surface area contributed by atoms with Gasteiger partial charge in [-0.15, -0.1) is 0 Å². The number of hydrogen-bond acceptors (Lipinski definition) is 3. The molecule has 0 saturated heterocycles. The Hall–Kier alpha value is -0.700. The quantitative estimate of drug-likeness (QED) is 0.500. The van der Waals surface area contributed by atoms with Crippen LogP contribution in [0.4, 0.5) is 0 Å². The van der Waals surface area contributed by atoms with E-state index in [9.17, 15) is 4.79 Å². The summed E-state index contributed by atoms with van der Waals surface area (Å²) in [6, 6.07) is 0. The highest BCUT2D eigenvalue weighted by atomic mass is 127. The van der Waals surface area contributed by atoms with Gasteiger partial charge >= 0.3 is 0 Å². The van der Waals surface area contributed by atoms with Crippen LogP contribution in [0.15, 0.2) is 23.2 Å². The summed E-state index contributed by atoms with van der Waals surface area (Å²) < 4.78 is 5.55. The largest absolute Gasteiger partial charge is 0.298 e. The van der Waals surface area contributed by atoms with Crippen molar-refractivity contribution < 1.29 is 4.79 Å². The normalized spacial score (nSPS) is 11.8. The summed E-state index contributed by atoms with van der Waals surface area (Å²) in [4.78, 5) is 10.9. The Kier molecular flexibility index (Phi) is 5.00. The molecule has 0 radical (unpaired) electrons. The van der Waals surface area contributed by atoms with Crippen LogP contribution >= 0.6 is 38.5 Å². The summed E-state index contributed by atoms with van der Waals surface area (Å²) in [5.74, 6) is 0. The molecule has 0 aromatic carbocycles. The summed E-state index contributed by atoms with van der Waals surface area (Å²) in [6.07, 6.45) is 8.44. The molecule has 0 unspecified atom stereocenters. The fraction of sp³-hybridized carbons (Fsp3) is 0.462. The van der Waals surface area contributed by atoms with E-state index in [0.717, 1.165) is 29.2 Å². The van der Waals surface area contributed by atoms with Gasteiger partial charge in [0.15, 0.2) is 6.29 Å². The minimum absolute atomic E-state index is 0.135. The van der Waals surface area contributed by atoms with Gasteiger partial charge in [0.25, 0.3) is 0 Å². The molecule has 0 N–H and O–H groups in total. The number of halogens is 2. The third-order valence-corrected chi connectivity index (χ3v) is 4.39. The van der Waals surface area contributed by atoms with Crippen molar-refractivity contribution in [2.24, 2.45) is 0 Å². The number of aryl methyl sites for hydroxylation is 1. The molecule has 2 rings (SSSR count). The first-order chi connectivity index (χ1) is 9.42. The predicted octanol–water partition coefficient (Wildman–Crippen LogP) is 3.47. The average molecular weight is 451 g/mol. The van der Waals surface area contributed by atoms with Gasteiger partial charge in [0.2, 0.25) is 0 Å². The maximum Gasteiger partial charge on any atom is 0.154 e. The summed E-state index contributed by atoms with van der Waals surface area (Å²) in [6.45, 7) is 5.12. The number of nitrogens with zero attached hydrogens (tertiary/aromatic N) is 4. The first-order valence-electron chi connectivity index (χ1n) is 6.31. The van der Waals surface area contributed by atoms with Gasteiger partial charge < -0.3 is 0 Å². The number of aromatic nitrogens is 4. The summed E-state index contributed by atoms with van der Waals surface area (Å²) in [5.41, 5.74) is 0.448. The lowest BCUT2D eigenvalue weighted by atomic mass is 9.99. The van der Waals surface area contributed by atoms with Crippen LogP contribution in [-0.2, 0) is 12.1 Å². The number of carbonyl (C=O) groups excluding carboxylic acids is 1. The second kappa shape index (κ2) is 6.38. The zero-order valence-corrected chi connectivity index (χ0v) is 15.1. The first-order valence-corrected chi connectivity index (χ1v) is 8.18. The smallest absolute Gasteiger partial charge is 0.154 e. The van der Waals surface area contributed by atoms with E-state index in [4.69, 9.17) is 0 Å². The van der Waals surface area contributed by atoms with E-state index < -0.39 is 0 Å². The number of aldehydes is 1. The van der Waals surface area contributed by atoms with Gasteiger partial charge in [-0.05, 0) is 65.2 Å². The van der Waals surface area contributed by atoms with E-state index in [1.165, 1.54) is 0 Å². The molecule has 0 amide bonds. The Morgan fingerprint density at radius 2 is 2.20 bits per heavy atom. The molecule has 108 valence electrons. The Labute approximate surface area is 140 Å². The summed E-state index contributed by atoms with van der Waals surface area (Å²) >= 11 is 5.55. The highest BCUT2D eigenvalue weighted by molar-refractivity contribution is 14.1. The SMILES string of the molecule is CC(C)(CCCn1cc(I)cn1)n1cc(C=O)c(Br)n1. The fourth-order valence-corrected chi connectivity index (χ4v) is 2.82. The molecule has 0 aliphatic carbocycles. The van der Waals surface area contributed by atoms with Crippen molar-refractivity contribution in [3.63, 3.8) is 0 Å². The van der Waals surface area contributed by atoms with Gasteiger partial charge in [0.05, 0.1) is 20.9 Å². The first kappa shape index (κ1) is 15.7. The van der Waals surface area contributed by atoms with Gasteiger partial charge in [-0.3, -0.25) is 14.2 Å². The zero-order valence-electron chi connectivity index (χ0n) is 11.4. The third-order valence-electron chi connectivity index (χ3n) is 3.22. The average Bonchev–Trinajstić information content (AvgIpc) is 2.95. The van der Waals surface area contributed by atoms with Crippen LogP contribution < -0.4 is 0 Å². The summed E-state index contributed by atoms with van der Waals surface area (Å²) in [7, 11) is 0. The predicted molar refractivity (Wildman–Crippen MR) is 88.8 cm³/mol. The van der Waals surface area contributed by atoms with E-state index in [2.05, 4.69) is 62.6 Å². The number of hydrogen-bond donors (Lipinski definition) is 0. The number of rotatable bonds is 6. The Morgan fingerprint density at radius 1 is 1.45 bits per heavy atom. The van der Waals surface area contributed by atoms with Crippen LogP contribution in [0.1, 0.15) is 37.0 Å². The van der Waals surface area contributed by atoms with Crippen LogP contribution in [0.25, 0.3) is 0 Å². The Balaban J connectivity index is 1.97. The minimum atomic E-state index is -0.135. The molecule has 0 spiro atoms. The van der Waals surface area contributed by atoms with Crippen molar-refractivity contribution in [2.45, 2.75) is 38.8 Å². The molecule has 0 aliphatic heterocycles. The second-order valence-electron chi connectivity index (χ2n) is 5.28. The van der Waals surface area contributed by atoms with Crippen LogP contribution in [0.5, 0.6) is 0 Å². The highest BCUT2D eigenvalue weighted by Crippen LogP contribution is 2.24. The molecule has 20 heavy (non-hydrogen) atoms. The monoisotopic (exact) mass is 450 g/mol. The molecule has 0 saturated carbocycles. The molecule has 5 nitrogen and oxygen atoms in total. The van der Waals surface area contributed by atoms with Crippen molar-refractivity contribution in [3.8, 4) is 0 Å². The lowest BCUT2D eigenvalue weighted by molar-refractivity contribution is 0.112. The van der Waals surface area contributed by atoms with Gasteiger partial charge in [0, 0.05) is 18.9 Å². The van der Waals surface area contributed by atoms with Crippen LogP contribution in [0, 0.1) is 3.57 Å². The fourth-order valence-electron chi connectivity index (χ4n) is 2.00. The zero-order chi connectivity index (χ0) is 14.8. The van der Waals surface area contributed by atoms with E-state index in [0.29, 0.717) is 10.2 Å².